The number of aromatic nitrogens is 1. The predicted octanol–water partition coefficient (Wildman–Crippen LogP) is 14.5. The van der Waals surface area contributed by atoms with Crippen molar-refractivity contribution < 1.29 is 29.7 Å². The topological polar surface area (TPSA) is 61.1 Å². The minimum absolute atomic E-state index is 0. The molecule has 0 saturated carbocycles. The van der Waals surface area contributed by atoms with Crippen LogP contribution in [0.1, 0.15) is 155 Å². The Labute approximate surface area is 364 Å². The van der Waals surface area contributed by atoms with Crippen LogP contribution >= 0.6 is 0 Å². The predicted molar refractivity (Wildman–Crippen MR) is 242 cm³/mol. The summed E-state index contributed by atoms with van der Waals surface area (Å²) in [6, 6.07) is 31.1. The van der Waals surface area contributed by atoms with E-state index in [4.69, 9.17) is 0 Å². The fourth-order valence-corrected chi connectivity index (χ4v) is 7.70. The van der Waals surface area contributed by atoms with Gasteiger partial charge in [0.15, 0.2) is 0 Å². The largest absolute Gasteiger partial charge is 3.00 e. The molecule has 0 fully saturated rings. The van der Waals surface area contributed by atoms with Crippen molar-refractivity contribution in [3.8, 4) is 11.3 Å². The molecular weight excluding hydrogens is 889 g/mol. The van der Waals surface area contributed by atoms with Gasteiger partial charge >= 0.3 is 20.1 Å². The van der Waals surface area contributed by atoms with Crippen LogP contribution in [0.25, 0.3) is 33.4 Å². The first-order valence-corrected chi connectivity index (χ1v) is 21.1. The zero-order valence-corrected chi connectivity index (χ0v) is 39.4. The number of nitrogens with zero attached hydrogens (tertiary/aromatic N) is 2. The van der Waals surface area contributed by atoms with Gasteiger partial charge in [0.25, 0.3) is 0 Å². The van der Waals surface area contributed by atoms with Gasteiger partial charge in [-0.15, -0.1) is 34.9 Å². The summed E-state index contributed by atoms with van der Waals surface area (Å²) in [4.78, 5) is 28.1. The Kier molecular flexibility index (Phi) is 19.0. The Bertz CT molecular complexity index is 2090. The molecule has 4 nitrogen and oxygen atoms in total. The van der Waals surface area contributed by atoms with E-state index in [-0.39, 0.29) is 56.0 Å². The van der Waals surface area contributed by atoms with Gasteiger partial charge in [-0.2, -0.15) is 41.1 Å². The SMILES string of the molecule is CCC(CC)C(=O)CC(=O)C(CC)CC.Cc1[c-]c(-c2nccc3cc(C(C)C)ccc23)cc(C)c1.Cc1[c-]c(C2[N-]C=Cc3cc(C(C)C)ccc32)cc(C)c1.[Ir+3]. The van der Waals surface area contributed by atoms with Gasteiger partial charge in [0.2, 0.25) is 0 Å². The molecule has 0 N–H and O–H groups in total. The molecule has 1 unspecified atom stereocenters. The van der Waals surface area contributed by atoms with E-state index in [1.54, 1.807) is 0 Å². The number of ketones is 2. The van der Waals surface area contributed by atoms with Gasteiger partial charge in [-0.1, -0.05) is 137 Å². The summed E-state index contributed by atoms with van der Waals surface area (Å²) in [6.07, 6.45) is 9.50. The molecule has 1 aliphatic heterocycles. The number of benzene rings is 4. The number of carbonyl (C=O) groups is 2. The van der Waals surface area contributed by atoms with Crippen LogP contribution < -0.4 is 0 Å². The maximum Gasteiger partial charge on any atom is 3.00 e. The Morgan fingerprint density at radius 2 is 1.24 bits per heavy atom. The molecule has 4 aromatic carbocycles. The Balaban J connectivity index is 0.000000235. The molecule has 0 radical (unpaired) electrons. The van der Waals surface area contributed by atoms with Crippen molar-refractivity contribution in [2.75, 3.05) is 0 Å². The van der Waals surface area contributed by atoms with Crippen LogP contribution in [-0.4, -0.2) is 16.6 Å². The summed E-state index contributed by atoms with van der Waals surface area (Å²) < 4.78 is 0. The average Bonchev–Trinajstić information content (AvgIpc) is 3.17. The van der Waals surface area contributed by atoms with Crippen molar-refractivity contribution in [3.05, 3.63) is 147 Å². The summed E-state index contributed by atoms with van der Waals surface area (Å²) in [5.74, 6) is 1.54. The quantitative estimate of drug-likeness (QED) is 0.0925. The molecule has 5 heteroatoms. The molecule has 6 rings (SSSR count). The number of hydrogen-bond acceptors (Lipinski definition) is 3. The van der Waals surface area contributed by atoms with Crippen molar-refractivity contribution in [3.63, 3.8) is 0 Å². The number of rotatable bonds is 12. The third-order valence-electron chi connectivity index (χ3n) is 11.1. The zero-order chi connectivity index (χ0) is 41.8. The minimum atomic E-state index is 0. The molecule has 0 spiro atoms. The van der Waals surface area contributed by atoms with E-state index in [2.05, 4.69) is 151 Å². The summed E-state index contributed by atoms with van der Waals surface area (Å²) in [5.41, 5.74) is 13.4. The van der Waals surface area contributed by atoms with E-state index in [9.17, 15) is 9.59 Å². The molecule has 308 valence electrons. The first kappa shape index (κ1) is 48.2. The van der Waals surface area contributed by atoms with Crippen LogP contribution in [0.2, 0.25) is 0 Å². The molecule has 1 atom stereocenters. The molecule has 1 aliphatic rings. The maximum atomic E-state index is 11.7. The monoisotopic (exact) mass is 954 g/mol. The summed E-state index contributed by atoms with van der Waals surface area (Å²) >= 11 is 0. The van der Waals surface area contributed by atoms with Crippen LogP contribution in [0.15, 0.2) is 79.1 Å². The average molecular weight is 954 g/mol. The van der Waals surface area contributed by atoms with Crippen LogP contribution in [0.5, 0.6) is 0 Å². The van der Waals surface area contributed by atoms with Gasteiger partial charge in [0.05, 0.1) is 6.42 Å². The minimum Gasteiger partial charge on any atom is -0.682 e. The molecule has 1 aromatic heterocycles. The normalized spacial score (nSPS) is 13.0. The fraction of sp³-hybridized carbons (Fsp3) is 0.415. The number of pyridine rings is 1. The first-order valence-electron chi connectivity index (χ1n) is 21.1. The molecule has 0 amide bonds. The number of hydrogen-bond donors (Lipinski definition) is 0. The molecule has 0 bridgehead atoms. The molecule has 5 aromatic rings. The summed E-state index contributed by atoms with van der Waals surface area (Å²) in [5, 5.41) is 7.13. The smallest absolute Gasteiger partial charge is 0.682 e. The molecule has 58 heavy (non-hydrogen) atoms. The van der Waals surface area contributed by atoms with Gasteiger partial charge in [-0.05, 0) is 76.7 Å². The first-order chi connectivity index (χ1) is 27.2. The van der Waals surface area contributed by atoms with Crippen molar-refractivity contribution in [1.29, 1.82) is 0 Å². The number of carbonyl (C=O) groups excluding carboxylic acids is 2. The van der Waals surface area contributed by atoms with Gasteiger partial charge in [-0.25, -0.2) is 0 Å². The molecular formula is C53H65IrN2O2. The van der Waals surface area contributed by atoms with Crippen LogP contribution in [-0.2, 0) is 29.7 Å². The molecule has 2 heterocycles. The van der Waals surface area contributed by atoms with E-state index in [0.717, 1.165) is 48.1 Å². The standard InChI is InChI=1S/C20H21N.C20H20N.C13H24O2.Ir/c2*1-13(2)16-5-6-19-17(12-16)7-8-21-20(19)18-10-14(3)9-15(4)11-18;1-5-10(6-2)12(14)9-13(15)11(7-3)8-4;/h5-10,12-13,20H,1-4H3;5-10,12-13H,1-4H3;10-11H,5-9H2,1-4H3;/q-2;-1;;+3. The van der Waals surface area contributed by atoms with Crippen LogP contribution in [0, 0.1) is 51.7 Å². The van der Waals surface area contributed by atoms with Gasteiger partial charge in [0, 0.05) is 18.0 Å². The zero-order valence-electron chi connectivity index (χ0n) is 37.0. The van der Waals surface area contributed by atoms with Crippen molar-refractivity contribution in [2.45, 2.75) is 133 Å². The summed E-state index contributed by atoms with van der Waals surface area (Å²) in [7, 11) is 0. The Morgan fingerprint density at radius 1 is 0.690 bits per heavy atom. The van der Waals surface area contributed by atoms with Crippen molar-refractivity contribution >= 4 is 28.4 Å². The van der Waals surface area contributed by atoms with Gasteiger partial charge in [-0.3, -0.25) is 9.59 Å². The number of aryl methyl sites for hydroxylation is 4. The van der Waals surface area contributed by atoms with Gasteiger partial charge in [0.1, 0.15) is 11.6 Å². The fourth-order valence-electron chi connectivity index (χ4n) is 7.70. The number of Topliss-reactive ketones (excluding diaryl/α,β-unsaturated/α-hetero) is 2. The number of fused-ring (bicyclic) bond motifs is 2. The second-order valence-corrected chi connectivity index (χ2v) is 16.4. The van der Waals surface area contributed by atoms with Crippen molar-refractivity contribution in [1.82, 2.24) is 4.98 Å². The third kappa shape index (κ3) is 12.9. The van der Waals surface area contributed by atoms with E-state index < -0.39 is 0 Å². The van der Waals surface area contributed by atoms with Crippen LogP contribution in [0.4, 0.5) is 0 Å². The third-order valence-corrected chi connectivity index (χ3v) is 11.1. The molecule has 0 saturated heterocycles. The Morgan fingerprint density at radius 3 is 1.79 bits per heavy atom. The van der Waals surface area contributed by atoms with Gasteiger partial charge < -0.3 is 10.3 Å². The molecule has 0 aliphatic carbocycles. The van der Waals surface area contributed by atoms with E-state index >= 15 is 0 Å². The maximum absolute atomic E-state index is 11.7. The second-order valence-electron chi connectivity index (χ2n) is 16.4. The van der Waals surface area contributed by atoms with E-state index in [0.29, 0.717) is 11.8 Å². The summed E-state index contributed by atoms with van der Waals surface area (Å²) in [6.45, 7) is 25.4. The van der Waals surface area contributed by atoms with E-state index in [1.807, 2.05) is 40.1 Å². The second kappa shape index (κ2) is 22.8. The van der Waals surface area contributed by atoms with Crippen molar-refractivity contribution in [2.24, 2.45) is 11.8 Å². The van der Waals surface area contributed by atoms with Crippen LogP contribution in [0.3, 0.4) is 0 Å². The Hall–Kier alpha value is -4.18. The van der Waals surface area contributed by atoms with E-state index in [1.165, 1.54) is 49.7 Å².